The van der Waals surface area contributed by atoms with E-state index in [2.05, 4.69) is 15.0 Å². The second kappa shape index (κ2) is 11.1. The number of piperazine rings is 1. The lowest BCUT2D eigenvalue weighted by Crippen LogP contribution is -2.59. The van der Waals surface area contributed by atoms with E-state index in [-0.39, 0.29) is 57.1 Å². The van der Waals surface area contributed by atoms with Crippen LogP contribution in [0.5, 0.6) is 0 Å². The molecule has 2 fully saturated rings. The van der Waals surface area contributed by atoms with Crippen molar-refractivity contribution in [3.05, 3.63) is 64.0 Å². The van der Waals surface area contributed by atoms with Gasteiger partial charge in [0.1, 0.15) is 22.4 Å². The van der Waals surface area contributed by atoms with Crippen molar-refractivity contribution >= 4 is 61.8 Å². The number of hydrogen-bond donors (Lipinski definition) is 3. The minimum Gasteiger partial charge on any atom is -0.350 e. The molecule has 1 aromatic heterocycles. The predicted molar refractivity (Wildman–Crippen MR) is 156 cm³/mol. The van der Waals surface area contributed by atoms with E-state index in [0.717, 1.165) is 0 Å². The molecule has 3 atom stereocenters. The predicted octanol–water partition coefficient (Wildman–Crippen LogP) is 3.55. The molecule has 0 aliphatic carbocycles. The first-order valence-electron chi connectivity index (χ1n) is 13.3. The Kier molecular flexibility index (Phi) is 8.03. The maximum atomic E-state index is 14.2. The van der Waals surface area contributed by atoms with E-state index >= 15 is 0 Å². The Morgan fingerprint density at radius 3 is 2.40 bits per heavy atom. The molecule has 2 bridgehead atoms. The molecule has 0 unspecified atom stereocenters. The van der Waals surface area contributed by atoms with E-state index < -0.39 is 45.7 Å². The number of hydrogen-bond acceptors (Lipinski definition) is 5. The van der Waals surface area contributed by atoms with Gasteiger partial charge in [0.25, 0.3) is 5.91 Å². The third-order valence-electron chi connectivity index (χ3n) is 7.68. The number of carbonyl (C=O) groups is 3. The topological polar surface area (TPSA) is 132 Å². The number of nitrogens with one attached hydrogen (secondary N) is 3. The zero-order chi connectivity index (χ0) is 30.6. The van der Waals surface area contributed by atoms with Crippen molar-refractivity contribution in [3.8, 4) is 0 Å². The summed E-state index contributed by atoms with van der Waals surface area (Å²) in [5.74, 6) is -1.70. The minimum absolute atomic E-state index is 0.0223. The zero-order valence-corrected chi connectivity index (χ0v) is 25.4. The van der Waals surface area contributed by atoms with Gasteiger partial charge in [-0.2, -0.15) is 0 Å². The van der Waals surface area contributed by atoms with Gasteiger partial charge in [-0.15, -0.1) is 0 Å². The van der Waals surface area contributed by atoms with Crippen LogP contribution in [-0.2, 0) is 19.6 Å². The summed E-state index contributed by atoms with van der Waals surface area (Å²) in [6.07, 6.45) is 0.538. The summed E-state index contributed by atoms with van der Waals surface area (Å²) in [7, 11) is -4.09. The maximum absolute atomic E-state index is 14.2. The highest BCUT2D eigenvalue weighted by atomic mass is 35.5. The molecule has 42 heavy (non-hydrogen) atoms. The van der Waals surface area contributed by atoms with E-state index in [0.29, 0.717) is 11.9 Å². The Bertz CT molecular complexity index is 1690. The molecule has 10 nitrogen and oxygen atoms in total. The molecule has 5 rings (SSSR count). The smallest absolute Gasteiger partial charge is 0.268 e. The summed E-state index contributed by atoms with van der Waals surface area (Å²) < 4.78 is 41.9. The number of carbonyl (C=O) groups excluding carboxylic acids is 3. The lowest BCUT2D eigenvalue weighted by Gasteiger charge is -2.39. The zero-order valence-electron chi connectivity index (χ0n) is 23.1. The number of nitrogens with zero attached hydrogens (tertiary/aromatic N) is 2. The number of benzene rings is 2. The van der Waals surface area contributed by atoms with Crippen molar-refractivity contribution in [3.63, 3.8) is 0 Å². The summed E-state index contributed by atoms with van der Waals surface area (Å²) in [5, 5.41) is 3.27. The number of fused-ring (bicyclic) bond motifs is 3. The van der Waals surface area contributed by atoms with Gasteiger partial charge in [-0.05, 0) is 48.2 Å². The van der Waals surface area contributed by atoms with Gasteiger partial charge in [-0.25, -0.2) is 17.5 Å². The van der Waals surface area contributed by atoms with E-state index in [4.69, 9.17) is 23.2 Å². The third-order valence-corrected chi connectivity index (χ3v) is 9.80. The van der Waals surface area contributed by atoms with Gasteiger partial charge < -0.3 is 20.1 Å². The first-order valence-corrected chi connectivity index (χ1v) is 15.5. The molecule has 0 radical (unpaired) electrons. The maximum Gasteiger partial charge on any atom is 0.268 e. The Morgan fingerprint density at radius 2 is 1.76 bits per heavy atom. The summed E-state index contributed by atoms with van der Waals surface area (Å²) in [5.41, 5.74) is -0.0435. The van der Waals surface area contributed by atoms with Gasteiger partial charge in [-0.1, -0.05) is 50.0 Å². The van der Waals surface area contributed by atoms with Gasteiger partial charge >= 0.3 is 0 Å². The highest BCUT2D eigenvalue weighted by Gasteiger charge is 2.49. The van der Waals surface area contributed by atoms with Crippen molar-refractivity contribution in [2.45, 2.75) is 50.2 Å². The summed E-state index contributed by atoms with van der Waals surface area (Å²) in [4.78, 5) is 45.8. The molecule has 2 saturated heterocycles. The molecule has 2 aliphatic heterocycles. The van der Waals surface area contributed by atoms with Crippen molar-refractivity contribution in [2.75, 3.05) is 19.6 Å². The number of likely N-dealkylation sites (tertiary alicyclic amines) is 2. The summed E-state index contributed by atoms with van der Waals surface area (Å²) >= 11 is 11.9. The highest BCUT2D eigenvalue weighted by Crippen LogP contribution is 2.33. The second-order valence-corrected chi connectivity index (χ2v) is 14.2. The lowest BCUT2D eigenvalue weighted by atomic mass is 9.85. The fraction of sp³-hybridized carbons (Fsp3) is 0.393. The largest absolute Gasteiger partial charge is 0.350 e. The highest BCUT2D eigenvalue weighted by molar-refractivity contribution is 7.89. The van der Waals surface area contributed by atoms with Crippen LogP contribution in [0.3, 0.4) is 0 Å². The van der Waals surface area contributed by atoms with E-state index in [1.807, 2.05) is 20.8 Å². The van der Waals surface area contributed by atoms with Crippen molar-refractivity contribution in [2.24, 2.45) is 5.41 Å². The molecule has 3 aromatic rings. The molecule has 3 N–H and O–H groups in total. The molecule has 0 saturated carbocycles. The number of rotatable bonds is 7. The van der Waals surface area contributed by atoms with Crippen molar-refractivity contribution < 1.29 is 27.2 Å². The normalized spacial score (nSPS) is 19.4. The number of aromatic nitrogens is 1. The molecule has 224 valence electrons. The van der Waals surface area contributed by atoms with Gasteiger partial charge in [0, 0.05) is 29.0 Å². The summed E-state index contributed by atoms with van der Waals surface area (Å²) in [6, 6.07) is 8.48. The molecular weight excluding hydrogens is 608 g/mol. The van der Waals surface area contributed by atoms with Crippen LogP contribution >= 0.6 is 23.2 Å². The molecule has 14 heteroatoms. The van der Waals surface area contributed by atoms with Crippen LogP contribution in [0, 0.1) is 11.2 Å². The van der Waals surface area contributed by atoms with E-state index in [1.165, 1.54) is 36.4 Å². The minimum atomic E-state index is -4.09. The third kappa shape index (κ3) is 5.85. The monoisotopic (exact) mass is 637 g/mol. The van der Waals surface area contributed by atoms with Crippen molar-refractivity contribution in [1.82, 2.24) is 24.8 Å². The number of aromatic amines is 1. The first-order chi connectivity index (χ1) is 19.7. The van der Waals surface area contributed by atoms with Crippen LogP contribution in [0.2, 0.25) is 10.0 Å². The van der Waals surface area contributed by atoms with Crippen LogP contribution in [0.1, 0.15) is 37.7 Å². The first kappa shape index (κ1) is 30.3. The number of amides is 3. The lowest BCUT2D eigenvalue weighted by molar-refractivity contribution is -0.142. The van der Waals surface area contributed by atoms with Crippen LogP contribution in [0.25, 0.3) is 10.9 Å². The quantitative estimate of drug-likeness (QED) is 0.365. The molecule has 3 amide bonds. The van der Waals surface area contributed by atoms with Crippen LogP contribution in [0.4, 0.5) is 4.39 Å². The van der Waals surface area contributed by atoms with Gasteiger partial charge in [0.15, 0.2) is 0 Å². The fourth-order valence-corrected chi connectivity index (χ4v) is 7.26. The number of sulfonamides is 1. The average molecular weight is 639 g/mol. The second-order valence-electron chi connectivity index (χ2n) is 11.6. The van der Waals surface area contributed by atoms with E-state index in [1.54, 1.807) is 15.9 Å². The average Bonchev–Trinajstić information content (AvgIpc) is 3.65. The van der Waals surface area contributed by atoms with Gasteiger partial charge in [0.05, 0.1) is 23.7 Å². The SMILES string of the molecule is CC(C)(C)[C@H](NC(=O)c1cc2c(F)cccc2[nH]1)C(=O)N1C[C@@H]2C[C@H]1CN2C(=O)CNS(=O)(=O)c1cc(Cl)ccc1Cl. The molecule has 2 aliphatic rings. The molecular formula is C28H30Cl2FN5O5S. The van der Waals surface area contributed by atoms with Crippen LogP contribution in [0.15, 0.2) is 47.4 Å². The van der Waals surface area contributed by atoms with Gasteiger partial charge in [-0.3, -0.25) is 14.4 Å². The summed E-state index contributed by atoms with van der Waals surface area (Å²) in [6.45, 7) is 5.52. The fourth-order valence-electron chi connectivity index (χ4n) is 5.53. The van der Waals surface area contributed by atoms with Crippen molar-refractivity contribution in [1.29, 1.82) is 0 Å². The standard InChI is InChI=1S/C28H30Cl2FN5O5S/c1-28(2,3)25(34-26(38)22-11-18-20(31)5-4-6-21(18)33-22)27(39)36-14-16-10-17(36)13-35(16)24(37)12-32-42(40,41)23-9-15(29)7-8-19(23)30/h4-9,11,16-17,25,32-33H,10,12-14H2,1-3H3,(H,34,38)/t16-,17-,25+/m0/s1. The molecule has 2 aromatic carbocycles. The number of H-pyrrole nitrogens is 1. The van der Waals surface area contributed by atoms with Gasteiger partial charge in [0.2, 0.25) is 21.8 Å². The van der Waals surface area contributed by atoms with Crippen LogP contribution < -0.4 is 10.0 Å². The molecule has 0 spiro atoms. The Hall–Kier alpha value is -3.19. The Labute approximate surface area is 252 Å². The van der Waals surface area contributed by atoms with E-state index in [9.17, 15) is 27.2 Å². The number of halogens is 3. The molecule has 3 heterocycles. The Balaban J connectivity index is 1.23. The van der Waals surface area contributed by atoms with Crippen LogP contribution in [-0.4, -0.2) is 78.7 Å². The Morgan fingerprint density at radius 1 is 1.07 bits per heavy atom.